The summed E-state index contributed by atoms with van der Waals surface area (Å²) in [6.45, 7) is 2.42. The van der Waals surface area contributed by atoms with Crippen molar-refractivity contribution in [2.24, 2.45) is 5.73 Å². The molecular weight excluding hydrogens is 408 g/mol. The fourth-order valence-electron chi connectivity index (χ4n) is 3.35. The Hall–Kier alpha value is -4.04. The summed E-state index contributed by atoms with van der Waals surface area (Å²) in [5.41, 5.74) is 10.1. The summed E-state index contributed by atoms with van der Waals surface area (Å²) in [5.74, 6) is -0.883. The molecular formula is C24H22N4O4. The fraction of sp³-hybridized carbons (Fsp3) is 0.167. The van der Waals surface area contributed by atoms with Gasteiger partial charge in [0.1, 0.15) is 11.2 Å². The van der Waals surface area contributed by atoms with Crippen LogP contribution in [0, 0.1) is 0 Å². The van der Waals surface area contributed by atoms with Gasteiger partial charge in [0, 0.05) is 23.9 Å². The van der Waals surface area contributed by atoms with Crippen LogP contribution < -0.4 is 11.1 Å². The second kappa shape index (κ2) is 9.40. The number of anilines is 1. The lowest BCUT2D eigenvalue weighted by atomic mass is 10.1. The first-order chi connectivity index (χ1) is 15.6. The van der Waals surface area contributed by atoms with Crippen LogP contribution in [-0.2, 0) is 22.5 Å². The molecule has 0 spiro atoms. The molecule has 0 bridgehead atoms. The first kappa shape index (κ1) is 21.2. The van der Waals surface area contributed by atoms with E-state index in [1.165, 1.54) is 6.26 Å². The van der Waals surface area contributed by atoms with E-state index in [4.69, 9.17) is 14.9 Å². The molecule has 4 rings (SSSR count). The molecule has 0 aliphatic carbocycles. The van der Waals surface area contributed by atoms with Crippen LogP contribution in [0.15, 0.2) is 65.3 Å². The number of carbonyl (C=O) groups excluding carboxylic acids is 2. The minimum Gasteiger partial charge on any atom is -0.466 e. The summed E-state index contributed by atoms with van der Waals surface area (Å²) in [6.07, 6.45) is 1.55. The van der Waals surface area contributed by atoms with Gasteiger partial charge in [0.25, 0.3) is 5.91 Å². The molecule has 2 heterocycles. The summed E-state index contributed by atoms with van der Waals surface area (Å²) in [5, 5.41) is 2.81. The number of nitrogens with zero attached hydrogens (tertiary/aromatic N) is 2. The predicted molar refractivity (Wildman–Crippen MR) is 120 cm³/mol. The number of aromatic nitrogens is 2. The summed E-state index contributed by atoms with van der Waals surface area (Å²) < 4.78 is 10.6. The molecule has 0 saturated heterocycles. The molecule has 4 aromatic rings. The number of furan rings is 1. The summed E-state index contributed by atoms with van der Waals surface area (Å²) in [7, 11) is 0. The Labute approximate surface area is 184 Å². The molecule has 0 fully saturated rings. The average molecular weight is 430 g/mol. The number of fused-ring (bicyclic) bond motifs is 1. The molecule has 2 aromatic heterocycles. The zero-order valence-corrected chi connectivity index (χ0v) is 17.5. The van der Waals surface area contributed by atoms with Gasteiger partial charge in [-0.05, 0) is 30.2 Å². The zero-order chi connectivity index (χ0) is 22.5. The lowest BCUT2D eigenvalue weighted by Gasteiger charge is -2.11. The van der Waals surface area contributed by atoms with E-state index in [9.17, 15) is 9.59 Å². The molecule has 1 amide bonds. The Morgan fingerprint density at radius 2 is 1.94 bits per heavy atom. The van der Waals surface area contributed by atoms with Crippen LogP contribution in [0.5, 0.6) is 0 Å². The van der Waals surface area contributed by atoms with Gasteiger partial charge in [-0.2, -0.15) is 0 Å². The maximum absolute atomic E-state index is 13.0. The van der Waals surface area contributed by atoms with Crippen LogP contribution in [0.2, 0.25) is 0 Å². The lowest BCUT2D eigenvalue weighted by Crippen LogP contribution is -2.18. The first-order valence-corrected chi connectivity index (χ1v) is 10.2. The van der Waals surface area contributed by atoms with Crippen LogP contribution >= 0.6 is 0 Å². The van der Waals surface area contributed by atoms with Gasteiger partial charge in [-0.1, -0.05) is 36.4 Å². The molecule has 0 aliphatic heterocycles. The van der Waals surface area contributed by atoms with E-state index < -0.39 is 5.91 Å². The van der Waals surface area contributed by atoms with E-state index in [1.807, 2.05) is 24.3 Å². The van der Waals surface area contributed by atoms with Crippen molar-refractivity contribution in [3.05, 3.63) is 77.8 Å². The Kier molecular flexibility index (Phi) is 6.23. The quantitative estimate of drug-likeness (QED) is 0.429. The maximum atomic E-state index is 13.0. The van der Waals surface area contributed by atoms with E-state index in [2.05, 4.69) is 15.3 Å². The minimum absolute atomic E-state index is 0.0158. The number of benzene rings is 2. The van der Waals surface area contributed by atoms with Crippen molar-refractivity contribution in [2.75, 3.05) is 11.9 Å². The standard InChI is InChI=1S/C24H22N4O4/c1-2-31-20(29)13-16-7-3-4-9-18(16)27-24(30)23-26-19-10-11-32-22(19)21(28-23)17-8-5-6-15(12-17)14-25/h3-12H,2,13-14,25H2,1H3,(H,27,30). The highest BCUT2D eigenvalue weighted by Crippen LogP contribution is 2.28. The molecule has 8 heteroatoms. The van der Waals surface area contributed by atoms with E-state index in [1.54, 1.807) is 37.3 Å². The van der Waals surface area contributed by atoms with Gasteiger partial charge in [-0.15, -0.1) is 0 Å². The molecule has 0 atom stereocenters. The number of rotatable bonds is 7. The van der Waals surface area contributed by atoms with E-state index in [0.717, 1.165) is 11.1 Å². The SMILES string of the molecule is CCOC(=O)Cc1ccccc1NC(=O)c1nc(-c2cccc(CN)c2)c2occc2n1. The number of esters is 1. The average Bonchev–Trinajstić information content (AvgIpc) is 3.28. The number of hydrogen-bond acceptors (Lipinski definition) is 7. The number of ether oxygens (including phenoxy) is 1. The van der Waals surface area contributed by atoms with Crippen molar-refractivity contribution >= 4 is 28.7 Å². The van der Waals surface area contributed by atoms with Crippen molar-refractivity contribution in [3.8, 4) is 11.3 Å². The highest BCUT2D eigenvalue weighted by atomic mass is 16.5. The summed E-state index contributed by atoms with van der Waals surface area (Å²) >= 11 is 0. The van der Waals surface area contributed by atoms with Crippen molar-refractivity contribution < 1.29 is 18.7 Å². The maximum Gasteiger partial charge on any atom is 0.310 e. The second-order valence-electron chi connectivity index (χ2n) is 7.03. The lowest BCUT2D eigenvalue weighted by molar-refractivity contribution is -0.142. The number of nitrogens with one attached hydrogen (secondary N) is 1. The molecule has 0 unspecified atom stereocenters. The van der Waals surface area contributed by atoms with Crippen LogP contribution in [-0.4, -0.2) is 28.5 Å². The molecule has 162 valence electrons. The van der Waals surface area contributed by atoms with Gasteiger partial charge < -0.3 is 20.2 Å². The van der Waals surface area contributed by atoms with Crippen LogP contribution in [0.4, 0.5) is 5.69 Å². The third-order valence-corrected chi connectivity index (χ3v) is 4.85. The van der Waals surface area contributed by atoms with Crippen LogP contribution in [0.25, 0.3) is 22.4 Å². The highest BCUT2D eigenvalue weighted by Gasteiger charge is 2.19. The van der Waals surface area contributed by atoms with Gasteiger partial charge in [0.2, 0.25) is 5.82 Å². The van der Waals surface area contributed by atoms with Gasteiger partial charge >= 0.3 is 5.97 Å². The van der Waals surface area contributed by atoms with Crippen molar-refractivity contribution in [1.82, 2.24) is 9.97 Å². The number of para-hydroxylation sites is 1. The predicted octanol–water partition coefficient (Wildman–Crippen LogP) is 3.71. The minimum atomic E-state index is -0.499. The number of amides is 1. The molecule has 8 nitrogen and oxygen atoms in total. The van der Waals surface area contributed by atoms with Crippen molar-refractivity contribution in [1.29, 1.82) is 0 Å². The summed E-state index contributed by atoms with van der Waals surface area (Å²) in [6, 6.07) is 16.3. The topological polar surface area (TPSA) is 120 Å². The van der Waals surface area contributed by atoms with Gasteiger partial charge in [-0.25, -0.2) is 9.97 Å². The van der Waals surface area contributed by atoms with Gasteiger partial charge in [-0.3, -0.25) is 9.59 Å². The third-order valence-electron chi connectivity index (χ3n) is 4.85. The number of carbonyl (C=O) groups is 2. The van der Waals surface area contributed by atoms with Crippen molar-refractivity contribution in [2.45, 2.75) is 19.9 Å². The molecule has 2 aromatic carbocycles. The van der Waals surface area contributed by atoms with Gasteiger partial charge in [0.05, 0.1) is 19.3 Å². The number of hydrogen-bond donors (Lipinski definition) is 2. The summed E-state index contributed by atoms with van der Waals surface area (Å²) in [4.78, 5) is 33.8. The monoisotopic (exact) mass is 430 g/mol. The molecule has 0 radical (unpaired) electrons. The Morgan fingerprint density at radius 3 is 2.75 bits per heavy atom. The largest absolute Gasteiger partial charge is 0.466 e. The normalized spacial score (nSPS) is 10.8. The Bertz CT molecular complexity index is 1280. The molecule has 0 aliphatic rings. The fourth-order valence-corrected chi connectivity index (χ4v) is 3.35. The third kappa shape index (κ3) is 4.50. The Balaban J connectivity index is 1.68. The first-order valence-electron chi connectivity index (χ1n) is 10.2. The van der Waals surface area contributed by atoms with E-state index in [-0.39, 0.29) is 18.2 Å². The number of nitrogens with two attached hydrogens (primary N) is 1. The molecule has 0 saturated carbocycles. The molecule has 32 heavy (non-hydrogen) atoms. The van der Waals surface area contributed by atoms with Gasteiger partial charge in [0.15, 0.2) is 5.58 Å². The Morgan fingerprint density at radius 1 is 1.09 bits per heavy atom. The van der Waals surface area contributed by atoms with E-state index >= 15 is 0 Å². The van der Waals surface area contributed by atoms with E-state index in [0.29, 0.717) is 41.2 Å². The zero-order valence-electron chi connectivity index (χ0n) is 17.5. The second-order valence-corrected chi connectivity index (χ2v) is 7.03. The highest BCUT2D eigenvalue weighted by molar-refractivity contribution is 6.04. The molecule has 3 N–H and O–H groups in total. The van der Waals surface area contributed by atoms with Crippen molar-refractivity contribution in [3.63, 3.8) is 0 Å². The van der Waals surface area contributed by atoms with Crippen LogP contribution in [0.3, 0.4) is 0 Å². The van der Waals surface area contributed by atoms with Crippen LogP contribution in [0.1, 0.15) is 28.7 Å². The smallest absolute Gasteiger partial charge is 0.310 e.